The van der Waals surface area contributed by atoms with Crippen molar-refractivity contribution in [2.75, 3.05) is 40.5 Å². The predicted octanol–water partition coefficient (Wildman–Crippen LogP) is 1.27. The van der Waals surface area contributed by atoms with Crippen LogP contribution in [0.1, 0.15) is 32.1 Å². The van der Waals surface area contributed by atoms with Gasteiger partial charge in [-0.3, -0.25) is 4.90 Å². The molecule has 1 N–H and O–H groups in total. The molecule has 1 fully saturated rings. The van der Waals surface area contributed by atoms with E-state index < -0.39 is 0 Å². The Labute approximate surface area is 105 Å². The number of ether oxygens (including phenoxy) is 2. The van der Waals surface area contributed by atoms with E-state index in [9.17, 15) is 5.11 Å². The molecule has 2 unspecified atom stereocenters. The van der Waals surface area contributed by atoms with Crippen molar-refractivity contribution in [1.29, 1.82) is 0 Å². The first-order valence-electron chi connectivity index (χ1n) is 6.68. The number of methoxy groups -OCH3 is 2. The summed E-state index contributed by atoms with van der Waals surface area (Å²) >= 11 is 0. The van der Waals surface area contributed by atoms with Gasteiger partial charge in [-0.2, -0.15) is 0 Å². The molecular formula is C13H27NO3. The zero-order valence-electron chi connectivity index (χ0n) is 11.2. The average molecular weight is 245 g/mol. The van der Waals surface area contributed by atoms with Crippen molar-refractivity contribution in [1.82, 2.24) is 4.90 Å². The number of hydrogen-bond donors (Lipinski definition) is 1. The SMILES string of the molecule is COCCCN(CCOC)C1CCCC(O)C1. The highest BCUT2D eigenvalue weighted by molar-refractivity contribution is 4.80. The van der Waals surface area contributed by atoms with Gasteiger partial charge in [-0.15, -0.1) is 0 Å². The maximum atomic E-state index is 9.74. The smallest absolute Gasteiger partial charge is 0.0589 e. The van der Waals surface area contributed by atoms with Crippen molar-refractivity contribution < 1.29 is 14.6 Å². The predicted molar refractivity (Wildman–Crippen MR) is 68.2 cm³/mol. The first-order valence-corrected chi connectivity index (χ1v) is 6.68. The Balaban J connectivity index is 2.36. The van der Waals surface area contributed by atoms with Crippen LogP contribution in [-0.2, 0) is 9.47 Å². The summed E-state index contributed by atoms with van der Waals surface area (Å²) in [5.41, 5.74) is 0. The molecule has 0 saturated heterocycles. The van der Waals surface area contributed by atoms with Gasteiger partial charge in [0.15, 0.2) is 0 Å². The van der Waals surface area contributed by atoms with Gasteiger partial charge in [-0.1, -0.05) is 0 Å². The zero-order valence-corrected chi connectivity index (χ0v) is 11.2. The van der Waals surface area contributed by atoms with Crippen LogP contribution >= 0.6 is 0 Å². The highest BCUT2D eigenvalue weighted by atomic mass is 16.5. The van der Waals surface area contributed by atoms with Gasteiger partial charge in [0.25, 0.3) is 0 Å². The molecule has 0 bridgehead atoms. The number of aliphatic hydroxyl groups excluding tert-OH is 1. The third-order valence-corrected chi connectivity index (χ3v) is 3.51. The summed E-state index contributed by atoms with van der Waals surface area (Å²) in [7, 11) is 3.48. The summed E-state index contributed by atoms with van der Waals surface area (Å²) < 4.78 is 10.3. The highest BCUT2D eigenvalue weighted by Gasteiger charge is 2.24. The minimum Gasteiger partial charge on any atom is -0.393 e. The second kappa shape index (κ2) is 8.86. The largest absolute Gasteiger partial charge is 0.393 e. The molecule has 1 saturated carbocycles. The fraction of sp³-hybridized carbons (Fsp3) is 1.00. The van der Waals surface area contributed by atoms with Gasteiger partial charge in [0.1, 0.15) is 0 Å². The summed E-state index contributed by atoms with van der Waals surface area (Å²) in [6.07, 6.45) is 5.16. The van der Waals surface area contributed by atoms with Crippen molar-refractivity contribution in [2.45, 2.75) is 44.2 Å². The van der Waals surface area contributed by atoms with Crippen molar-refractivity contribution in [3.63, 3.8) is 0 Å². The first-order chi connectivity index (χ1) is 8.27. The van der Waals surface area contributed by atoms with Crippen LogP contribution < -0.4 is 0 Å². The molecule has 0 radical (unpaired) electrons. The molecule has 0 amide bonds. The molecule has 0 aliphatic heterocycles. The highest BCUT2D eigenvalue weighted by Crippen LogP contribution is 2.23. The van der Waals surface area contributed by atoms with Crippen LogP contribution in [0, 0.1) is 0 Å². The Morgan fingerprint density at radius 1 is 1.12 bits per heavy atom. The molecule has 0 spiro atoms. The van der Waals surface area contributed by atoms with E-state index >= 15 is 0 Å². The number of rotatable bonds is 8. The molecule has 1 rings (SSSR count). The van der Waals surface area contributed by atoms with E-state index in [4.69, 9.17) is 9.47 Å². The van der Waals surface area contributed by atoms with Crippen LogP contribution in [0.15, 0.2) is 0 Å². The third kappa shape index (κ3) is 5.82. The molecule has 17 heavy (non-hydrogen) atoms. The summed E-state index contributed by atoms with van der Waals surface area (Å²) in [5, 5.41) is 9.74. The van der Waals surface area contributed by atoms with Crippen LogP contribution in [-0.4, -0.2) is 62.7 Å². The molecule has 1 aliphatic rings. The van der Waals surface area contributed by atoms with Crippen LogP contribution in [0.25, 0.3) is 0 Å². The van der Waals surface area contributed by atoms with Gasteiger partial charge < -0.3 is 14.6 Å². The summed E-state index contributed by atoms with van der Waals surface area (Å²) in [6.45, 7) is 3.56. The third-order valence-electron chi connectivity index (χ3n) is 3.51. The summed E-state index contributed by atoms with van der Waals surface area (Å²) in [6, 6.07) is 0.519. The lowest BCUT2D eigenvalue weighted by Crippen LogP contribution is -2.42. The molecule has 102 valence electrons. The van der Waals surface area contributed by atoms with Crippen molar-refractivity contribution in [3.05, 3.63) is 0 Å². The van der Waals surface area contributed by atoms with Crippen molar-refractivity contribution >= 4 is 0 Å². The van der Waals surface area contributed by atoms with Gasteiger partial charge in [0.05, 0.1) is 12.7 Å². The molecule has 0 aromatic rings. The molecule has 0 aromatic carbocycles. The van der Waals surface area contributed by atoms with Crippen LogP contribution in [0.3, 0.4) is 0 Å². The number of hydrogen-bond acceptors (Lipinski definition) is 4. The Hall–Kier alpha value is -0.160. The van der Waals surface area contributed by atoms with Gasteiger partial charge >= 0.3 is 0 Å². The second-order valence-corrected chi connectivity index (χ2v) is 4.85. The summed E-state index contributed by atoms with van der Waals surface area (Å²) in [4.78, 5) is 2.45. The molecule has 1 aliphatic carbocycles. The minimum atomic E-state index is -0.110. The van der Waals surface area contributed by atoms with Crippen LogP contribution in [0.5, 0.6) is 0 Å². The lowest BCUT2D eigenvalue weighted by atomic mass is 9.91. The van der Waals surface area contributed by atoms with Crippen molar-refractivity contribution in [3.8, 4) is 0 Å². The van der Waals surface area contributed by atoms with Crippen LogP contribution in [0.4, 0.5) is 0 Å². The van der Waals surface area contributed by atoms with E-state index in [0.29, 0.717) is 6.04 Å². The van der Waals surface area contributed by atoms with E-state index in [0.717, 1.165) is 52.0 Å². The molecule has 0 aromatic heterocycles. The first kappa shape index (κ1) is 14.9. The monoisotopic (exact) mass is 245 g/mol. The zero-order chi connectivity index (χ0) is 12.5. The molecular weight excluding hydrogens is 218 g/mol. The van der Waals surface area contributed by atoms with Gasteiger partial charge in [-0.25, -0.2) is 0 Å². The lowest BCUT2D eigenvalue weighted by Gasteiger charge is -2.36. The fourth-order valence-corrected chi connectivity index (χ4v) is 2.57. The van der Waals surface area contributed by atoms with Gasteiger partial charge in [-0.05, 0) is 32.1 Å². The maximum Gasteiger partial charge on any atom is 0.0589 e. The average Bonchev–Trinajstić information content (AvgIpc) is 2.33. The molecule has 4 nitrogen and oxygen atoms in total. The Morgan fingerprint density at radius 2 is 1.88 bits per heavy atom. The van der Waals surface area contributed by atoms with E-state index in [2.05, 4.69) is 4.90 Å². The van der Waals surface area contributed by atoms with Crippen molar-refractivity contribution in [2.24, 2.45) is 0 Å². The molecule has 0 heterocycles. The maximum absolute atomic E-state index is 9.74. The Bertz CT molecular complexity index is 190. The second-order valence-electron chi connectivity index (χ2n) is 4.85. The number of nitrogens with zero attached hydrogens (tertiary/aromatic N) is 1. The normalized spacial score (nSPS) is 25.4. The van der Waals surface area contributed by atoms with E-state index in [1.807, 2.05) is 0 Å². The quantitative estimate of drug-likeness (QED) is 0.654. The van der Waals surface area contributed by atoms with Gasteiger partial charge in [0, 0.05) is 40.0 Å². The number of aliphatic hydroxyl groups is 1. The molecule has 4 heteroatoms. The Morgan fingerprint density at radius 3 is 2.53 bits per heavy atom. The van der Waals surface area contributed by atoms with E-state index in [1.54, 1.807) is 14.2 Å². The van der Waals surface area contributed by atoms with E-state index in [1.165, 1.54) is 6.42 Å². The Kier molecular flexibility index (Phi) is 7.77. The lowest BCUT2D eigenvalue weighted by molar-refractivity contribution is 0.0433. The van der Waals surface area contributed by atoms with Crippen LogP contribution in [0.2, 0.25) is 0 Å². The van der Waals surface area contributed by atoms with Gasteiger partial charge in [0.2, 0.25) is 0 Å². The topological polar surface area (TPSA) is 41.9 Å². The standard InChI is InChI=1S/C13H27NO3/c1-16-9-4-7-14(8-10-17-2)12-5-3-6-13(15)11-12/h12-13,15H,3-11H2,1-2H3. The van der Waals surface area contributed by atoms with E-state index in [-0.39, 0.29) is 6.10 Å². The molecule has 2 atom stereocenters. The summed E-state index contributed by atoms with van der Waals surface area (Å²) in [5.74, 6) is 0. The minimum absolute atomic E-state index is 0.110. The fourth-order valence-electron chi connectivity index (χ4n) is 2.57.